The average Bonchev–Trinajstić information content (AvgIpc) is 3.22. The number of carbonyl (C=O) groups is 1. The lowest BCUT2D eigenvalue weighted by atomic mass is 10.1. The number of ether oxygens (including phenoxy) is 2. The van der Waals surface area contributed by atoms with Crippen molar-refractivity contribution < 1.29 is 23.6 Å². The summed E-state index contributed by atoms with van der Waals surface area (Å²) < 4.78 is 15.7. The van der Waals surface area contributed by atoms with Crippen molar-refractivity contribution in [3.8, 4) is 22.8 Å². The largest absolute Gasteiger partial charge is 0.497 e. The molecule has 3 rings (SSSR count). The van der Waals surface area contributed by atoms with E-state index in [0.717, 1.165) is 5.56 Å². The fourth-order valence-electron chi connectivity index (χ4n) is 2.70. The van der Waals surface area contributed by atoms with Gasteiger partial charge in [-0.05, 0) is 42.0 Å². The van der Waals surface area contributed by atoms with E-state index in [1.54, 1.807) is 55.6 Å². The predicted octanol–water partition coefficient (Wildman–Crippen LogP) is 3.56. The smallest absolute Gasteiger partial charge is 0.284 e. The van der Waals surface area contributed by atoms with Gasteiger partial charge >= 0.3 is 0 Å². The van der Waals surface area contributed by atoms with Crippen molar-refractivity contribution in [2.24, 2.45) is 5.10 Å². The molecule has 0 fully saturated rings. The van der Waals surface area contributed by atoms with Crippen LogP contribution in [0.5, 0.6) is 11.5 Å². The van der Waals surface area contributed by atoms with Gasteiger partial charge in [-0.25, -0.2) is 5.43 Å². The summed E-state index contributed by atoms with van der Waals surface area (Å²) >= 11 is 0. The highest BCUT2D eigenvalue weighted by molar-refractivity contribution is 5.82. The highest BCUT2D eigenvalue weighted by atomic mass is 16.6. The van der Waals surface area contributed by atoms with Crippen molar-refractivity contribution in [2.45, 2.75) is 6.42 Å². The van der Waals surface area contributed by atoms with E-state index in [1.165, 1.54) is 19.4 Å². The van der Waals surface area contributed by atoms with Gasteiger partial charge in [0.05, 0.1) is 43.4 Å². The maximum atomic E-state index is 12.0. The number of hydrogen-bond acceptors (Lipinski definition) is 7. The number of nitro groups is 1. The molecule has 2 aromatic carbocycles. The van der Waals surface area contributed by atoms with Crippen molar-refractivity contribution in [1.29, 1.82) is 0 Å². The van der Waals surface area contributed by atoms with Gasteiger partial charge < -0.3 is 13.9 Å². The number of furan rings is 1. The first-order chi connectivity index (χ1) is 14.5. The zero-order chi connectivity index (χ0) is 21.5. The van der Waals surface area contributed by atoms with Crippen LogP contribution in [0.2, 0.25) is 0 Å². The Balaban J connectivity index is 1.64. The van der Waals surface area contributed by atoms with E-state index in [2.05, 4.69) is 10.5 Å². The minimum atomic E-state index is -0.506. The number of carbonyl (C=O) groups excluding carboxylic acids is 1. The molecule has 1 aromatic heterocycles. The molecule has 0 saturated carbocycles. The highest BCUT2D eigenvalue weighted by Gasteiger charge is 2.19. The summed E-state index contributed by atoms with van der Waals surface area (Å²) in [5.41, 5.74) is 3.40. The molecule has 1 N–H and O–H groups in total. The quantitative estimate of drug-likeness (QED) is 0.345. The Labute approximate surface area is 172 Å². The SMILES string of the molecule is COc1ccc(CC(=O)N/N=C\c2ccc(-c3ccc(OC)cc3[N+](=O)[O-])o2)cc1. The lowest BCUT2D eigenvalue weighted by Gasteiger charge is -2.03. The first kappa shape index (κ1) is 20.6. The Kier molecular flexibility index (Phi) is 6.43. The van der Waals surface area contributed by atoms with Gasteiger partial charge in [0.15, 0.2) is 0 Å². The van der Waals surface area contributed by atoms with Crippen LogP contribution in [0.25, 0.3) is 11.3 Å². The summed E-state index contributed by atoms with van der Waals surface area (Å²) in [6.07, 6.45) is 1.48. The predicted molar refractivity (Wildman–Crippen MR) is 110 cm³/mol. The van der Waals surface area contributed by atoms with Gasteiger partial charge in [-0.1, -0.05) is 12.1 Å². The van der Waals surface area contributed by atoms with Crippen LogP contribution >= 0.6 is 0 Å². The molecule has 0 saturated heterocycles. The molecular weight excluding hydrogens is 390 g/mol. The van der Waals surface area contributed by atoms with Gasteiger partial charge in [0.25, 0.3) is 5.69 Å². The molecule has 1 amide bonds. The molecule has 0 aliphatic rings. The first-order valence-electron chi connectivity index (χ1n) is 8.87. The Morgan fingerprint density at radius 1 is 1.10 bits per heavy atom. The van der Waals surface area contributed by atoms with E-state index in [0.29, 0.717) is 28.6 Å². The molecule has 3 aromatic rings. The number of nitro benzene ring substituents is 1. The Bertz CT molecular complexity index is 1070. The van der Waals surface area contributed by atoms with Crippen molar-refractivity contribution in [2.75, 3.05) is 14.2 Å². The number of benzene rings is 2. The maximum Gasteiger partial charge on any atom is 0.284 e. The van der Waals surface area contributed by atoms with Crippen molar-refractivity contribution >= 4 is 17.8 Å². The fourth-order valence-corrected chi connectivity index (χ4v) is 2.70. The topological polar surface area (TPSA) is 116 Å². The number of hydrazone groups is 1. The third-order valence-electron chi connectivity index (χ3n) is 4.20. The molecule has 0 aliphatic heterocycles. The highest BCUT2D eigenvalue weighted by Crippen LogP contribution is 2.33. The third-order valence-corrected chi connectivity index (χ3v) is 4.20. The van der Waals surface area contributed by atoms with Crippen molar-refractivity contribution in [1.82, 2.24) is 5.43 Å². The second-order valence-corrected chi connectivity index (χ2v) is 6.16. The van der Waals surface area contributed by atoms with E-state index < -0.39 is 4.92 Å². The Hall–Kier alpha value is -4.14. The average molecular weight is 409 g/mol. The Morgan fingerprint density at radius 3 is 2.47 bits per heavy atom. The summed E-state index contributed by atoms with van der Waals surface area (Å²) in [5.74, 6) is 1.42. The van der Waals surface area contributed by atoms with Crippen molar-refractivity contribution in [3.63, 3.8) is 0 Å². The lowest BCUT2D eigenvalue weighted by molar-refractivity contribution is -0.384. The van der Waals surface area contributed by atoms with E-state index >= 15 is 0 Å². The van der Waals surface area contributed by atoms with E-state index in [1.807, 2.05) is 0 Å². The van der Waals surface area contributed by atoms with E-state index in [9.17, 15) is 14.9 Å². The van der Waals surface area contributed by atoms with Gasteiger partial charge in [-0.3, -0.25) is 14.9 Å². The van der Waals surface area contributed by atoms with Crippen LogP contribution in [0.4, 0.5) is 5.69 Å². The molecule has 30 heavy (non-hydrogen) atoms. The lowest BCUT2D eigenvalue weighted by Crippen LogP contribution is -2.19. The van der Waals surface area contributed by atoms with Crippen LogP contribution in [-0.2, 0) is 11.2 Å². The fraction of sp³-hybridized carbons (Fsp3) is 0.143. The number of amides is 1. The van der Waals surface area contributed by atoms with Crippen LogP contribution in [0.1, 0.15) is 11.3 Å². The molecule has 0 aliphatic carbocycles. The van der Waals surface area contributed by atoms with E-state index in [-0.39, 0.29) is 18.0 Å². The van der Waals surface area contributed by atoms with Gasteiger partial charge in [-0.15, -0.1) is 0 Å². The molecule has 0 bridgehead atoms. The summed E-state index contributed by atoms with van der Waals surface area (Å²) in [6, 6.07) is 14.8. The molecule has 9 heteroatoms. The van der Waals surface area contributed by atoms with Gasteiger partial charge in [0.1, 0.15) is 23.0 Å². The van der Waals surface area contributed by atoms with Crippen LogP contribution in [0, 0.1) is 10.1 Å². The number of nitrogens with one attached hydrogen (secondary N) is 1. The number of nitrogens with zero attached hydrogens (tertiary/aromatic N) is 2. The summed E-state index contributed by atoms with van der Waals surface area (Å²) in [7, 11) is 3.01. The molecule has 1 heterocycles. The summed E-state index contributed by atoms with van der Waals surface area (Å²) in [4.78, 5) is 22.8. The van der Waals surface area contributed by atoms with Crippen LogP contribution in [0.3, 0.4) is 0 Å². The van der Waals surface area contributed by atoms with Crippen LogP contribution < -0.4 is 14.9 Å². The van der Waals surface area contributed by atoms with E-state index in [4.69, 9.17) is 13.9 Å². The third kappa shape index (κ3) is 5.02. The normalized spacial score (nSPS) is 10.7. The van der Waals surface area contributed by atoms with Gasteiger partial charge in [-0.2, -0.15) is 5.10 Å². The summed E-state index contributed by atoms with van der Waals surface area (Å²) in [5, 5.41) is 15.2. The molecule has 0 radical (unpaired) electrons. The number of methoxy groups -OCH3 is 2. The van der Waals surface area contributed by atoms with Crippen LogP contribution in [-0.4, -0.2) is 31.3 Å². The molecule has 0 atom stereocenters. The molecule has 0 unspecified atom stereocenters. The maximum absolute atomic E-state index is 12.0. The molecule has 9 nitrogen and oxygen atoms in total. The molecule has 154 valence electrons. The minimum absolute atomic E-state index is 0.139. The molecule has 0 spiro atoms. The van der Waals surface area contributed by atoms with Gasteiger partial charge in [0, 0.05) is 0 Å². The second kappa shape index (κ2) is 9.37. The summed E-state index contributed by atoms with van der Waals surface area (Å²) in [6.45, 7) is 0. The monoisotopic (exact) mass is 409 g/mol. The molecular formula is C21H19N3O6. The van der Waals surface area contributed by atoms with Crippen LogP contribution in [0.15, 0.2) is 64.1 Å². The number of hydrogen-bond donors (Lipinski definition) is 1. The minimum Gasteiger partial charge on any atom is -0.497 e. The first-order valence-corrected chi connectivity index (χ1v) is 8.87. The zero-order valence-corrected chi connectivity index (χ0v) is 16.3. The second-order valence-electron chi connectivity index (χ2n) is 6.16. The standard InChI is InChI=1S/C21H19N3O6/c1-28-15-5-3-14(4-6-15)11-21(25)23-22-13-17-8-10-20(30-17)18-9-7-16(29-2)12-19(18)24(26)27/h3-10,12-13H,11H2,1-2H3,(H,23,25)/b22-13-. The number of rotatable bonds is 8. The Morgan fingerprint density at radius 2 is 1.80 bits per heavy atom. The van der Waals surface area contributed by atoms with Gasteiger partial charge in [0.2, 0.25) is 5.91 Å². The van der Waals surface area contributed by atoms with Crippen molar-refractivity contribution in [3.05, 3.63) is 76.0 Å². The zero-order valence-electron chi connectivity index (χ0n) is 16.3.